The lowest BCUT2D eigenvalue weighted by atomic mass is 10.1. The molecule has 0 unspecified atom stereocenters. The van der Waals surface area contributed by atoms with E-state index in [0.29, 0.717) is 11.1 Å². The molecule has 2 aromatic heterocycles. The second-order valence-electron chi connectivity index (χ2n) is 3.87. The van der Waals surface area contributed by atoms with Crippen LogP contribution in [0.3, 0.4) is 0 Å². The number of hydrogen-bond donors (Lipinski definition) is 0. The van der Waals surface area contributed by atoms with Gasteiger partial charge in [0.15, 0.2) is 0 Å². The van der Waals surface area contributed by atoms with E-state index in [0.717, 1.165) is 17.0 Å². The predicted octanol–water partition coefficient (Wildman–Crippen LogP) is 2.95. The summed E-state index contributed by atoms with van der Waals surface area (Å²) >= 11 is 0. The zero-order valence-corrected chi connectivity index (χ0v) is 9.37. The molecule has 0 aliphatic heterocycles. The molecule has 0 N–H and O–H groups in total. The minimum Gasteiger partial charge on any atom is -0.328 e. The third-order valence-electron chi connectivity index (χ3n) is 2.34. The van der Waals surface area contributed by atoms with Crippen LogP contribution < -0.4 is 0 Å². The van der Waals surface area contributed by atoms with Gasteiger partial charge in [0.2, 0.25) is 5.95 Å². The monoisotopic (exact) mass is 259 g/mol. The summed E-state index contributed by atoms with van der Waals surface area (Å²) in [7, 11) is 0. The van der Waals surface area contributed by atoms with Crippen LogP contribution in [0.2, 0.25) is 0 Å². The summed E-state index contributed by atoms with van der Waals surface area (Å²) in [6, 6.07) is 1.15. The van der Waals surface area contributed by atoms with Crippen molar-refractivity contribution in [2.24, 2.45) is 0 Å². The second kappa shape index (κ2) is 4.40. The van der Waals surface area contributed by atoms with E-state index < -0.39 is 18.7 Å². The number of imidazole rings is 1. The van der Waals surface area contributed by atoms with Crippen LogP contribution in [0.25, 0.3) is 11.3 Å². The molecule has 0 radical (unpaired) electrons. The van der Waals surface area contributed by atoms with E-state index in [-0.39, 0.29) is 5.69 Å². The Hall–Kier alpha value is -1.92. The lowest BCUT2D eigenvalue weighted by Gasteiger charge is -2.06. The lowest BCUT2D eigenvalue weighted by Crippen LogP contribution is -2.16. The average molecular weight is 259 g/mol. The van der Waals surface area contributed by atoms with Crippen molar-refractivity contribution in [3.05, 3.63) is 36.3 Å². The summed E-state index contributed by atoms with van der Waals surface area (Å²) in [5.74, 6) is -0.694. The fraction of sp³-hybridized carbons (Fsp3) is 0.273. The van der Waals surface area contributed by atoms with Gasteiger partial charge < -0.3 is 4.57 Å². The molecule has 7 heteroatoms. The highest BCUT2D eigenvalue weighted by molar-refractivity contribution is 5.61. The number of alkyl halides is 3. The minimum absolute atomic E-state index is 0.290. The SMILES string of the molecule is Cc1cnc(F)cc1-c1cn(CC(F)(F)F)cn1. The van der Waals surface area contributed by atoms with Crippen LogP contribution in [0.5, 0.6) is 0 Å². The third kappa shape index (κ3) is 2.85. The molecule has 0 fully saturated rings. The molecule has 2 heterocycles. The largest absolute Gasteiger partial charge is 0.406 e. The van der Waals surface area contributed by atoms with Gasteiger partial charge in [0.05, 0.1) is 12.0 Å². The van der Waals surface area contributed by atoms with Gasteiger partial charge >= 0.3 is 6.18 Å². The van der Waals surface area contributed by atoms with Crippen molar-refractivity contribution in [1.82, 2.24) is 14.5 Å². The Balaban J connectivity index is 2.32. The molecule has 18 heavy (non-hydrogen) atoms. The number of nitrogens with zero attached hydrogens (tertiary/aromatic N) is 3. The first-order valence-corrected chi connectivity index (χ1v) is 5.06. The number of aromatic nitrogens is 3. The van der Waals surface area contributed by atoms with E-state index in [1.54, 1.807) is 6.92 Å². The summed E-state index contributed by atoms with van der Waals surface area (Å²) in [6.45, 7) is 0.567. The van der Waals surface area contributed by atoms with Crippen LogP contribution in [-0.2, 0) is 6.54 Å². The van der Waals surface area contributed by atoms with Crippen LogP contribution in [0, 0.1) is 12.9 Å². The van der Waals surface area contributed by atoms with Crippen LogP contribution >= 0.6 is 0 Å². The lowest BCUT2D eigenvalue weighted by molar-refractivity contribution is -0.140. The first kappa shape index (κ1) is 12.5. The predicted molar refractivity (Wildman–Crippen MR) is 56.2 cm³/mol. The Labute approximate surface area is 100 Å². The van der Waals surface area contributed by atoms with E-state index in [2.05, 4.69) is 9.97 Å². The highest BCUT2D eigenvalue weighted by atomic mass is 19.4. The second-order valence-corrected chi connectivity index (χ2v) is 3.87. The summed E-state index contributed by atoms with van der Waals surface area (Å²) < 4.78 is 50.4. The third-order valence-corrected chi connectivity index (χ3v) is 2.34. The minimum atomic E-state index is -4.31. The van der Waals surface area contributed by atoms with Crippen molar-refractivity contribution < 1.29 is 17.6 Å². The molecular formula is C11H9F4N3. The summed E-state index contributed by atoms with van der Waals surface area (Å²) in [5.41, 5.74) is 1.37. The van der Waals surface area contributed by atoms with E-state index in [4.69, 9.17) is 0 Å². The van der Waals surface area contributed by atoms with Gasteiger partial charge in [-0.25, -0.2) is 9.97 Å². The van der Waals surface area contributed by atoms with Gasteiger partial charge in [-0.3, -0.25) is 0 Å². The molecule has 0 bridgehead atoms. The van der Waals surface area contributed by atoms with Crippen molar-refractivity contribution in [3.8, 4) is 11.3 Å². The molecule has 0 amide bonds. The van der Waals surface area contributed by atoms with Gasteiger partial charge in [0.25, 0.3) is 0 Å². The molecule has 0 aliphatic carbocycles. The number of pyridine rings is 1. The molecule has 0 atom stereocenters. The molecule has 0 saturated heterocycles. The number of halogens is 4. The van der Waals surface area contributed by atoms with Crippen LogP contribution in [0.15, 0.2) is 24.8 Å². The highest BCUT2D eigenvalue weighted by Crippen LogP contribution is 2.23. The summed E-state index contributed by atoms with van der Waals surface area (Å²) in [5, 5.41) is 0. The first-order chi connectivity index (χ1) is 8.35. The van der Waals surface area contributed by atoms with Crippen molar-refractivity contribution >= 4 is 0 Å². The zero-order valence-electron chi connectivity index (χ0n) is 9.37. The van der Waals surface area contributed by atoms with Crippen molar-refractivity contribution in [2.45, 2.75) is 19.6 Å². The average Bonchev–Trinajstić information content (AvgIpc) is 2.67. The van der Waals surface area contributed by atoms with Crippen molar-refractivity contribution in [2.75, 3.05) is 0 Å². The molecule has 96 valence electrons. The molecule has 3 nitrogen and oxygen atoms in total. The Kier molecular flexibility index (Phi) is 3.06. The standard InChI is InChI=1S/C11H9F4N3/c1-7-3-16-10(12)2-8(7)9-4-18(6-17-9)5-11(13,14)15/h2-4,6H,5H2,1H3. The zero-order chi connectivity index (χ0) is 13.3. The van der Waals surface area contributed by atoms with E-state index >= 15 is 0 Å². The Morgan fingerprint density at radius 3 is 2.67 bits per heavy atom. The maximum absolute atomic E-state index is 13.0. The Bertz CT molecular complexity index is 560. The fourth-order valence-electron chi connectivity index (χ4n) is 1.57. The van der Waals surface area contributed by atoms with Gasteiger partial charge in [0, 0.05) is 24.0 Å². The van der Waals surface area contributed by atoms with E-state index in [1.807, 2.05) is 0 Å². The van der Waals surface area contributed by atoms with Gasteiger partial charge in [-0.1, -0.05) is 0 Å². The maximum Gasteiger partial charge on any atom is 0.406 e. The fourth-order valence-corrected chi connectivity index (χ4v) is 1.57. The van der Waals surface area contributed by atoms with Crippen LogP contribution in [0.4, 0.5) is 17.6 Å². The van der Waals surface area contributed by atoms with Crippen LogP contribution in [0.1, 0.15) is 5.56 Å². The maximum atomic E-state index is 13.0. The molecule has 0 aliphatic rings. The summed E-state index contributed by atoms with van der Waals surface area (Å²) in [6.07, 6.45) is -0.695. The topological polar surface area (TPSA) is 30.7 Å². The van der Waals surface area contributed by atoms with Gasteiger partial charge in [-0.15, -0.1) is 0 Å². The Morgan fingerprint density at radius 1 is 1.28 bits per heavy atom. The summed E-state index contributed by atoms with van der Waals surface area (Å²) in [4.78, 5) is 7.29. The molecule has 0 spiro atoms. The molecule has 2 aromatic rings. The molecule has 0 saturated carbocycles. The van der Waals surface area contributed by atoms with Crippen LogP contribution in [-0.4, -0.2) is 20.7 Å². The molecular weight excluding hydrogens is 250 g/mol. The first-order valence-electron chi connectivity index (χ1n) is 5.06. The van der Waals surface area contributed by atoms with E-state index in [9.17, 15) is 17.6 Å². The quantitative estimate of drug-likeness (QED) is 0.613. The van der Waals surface area contributed by atoms with Gasteiger partial charge in [-0.2, -0.15) is 17.6 Å². The molecule has 0 aromatic carbocycles. The highest BCUT2D eigenvalue weighted by Gasteiger charge is 2.27. The van der Waals surface area contributed by atoms with Crippen molar-refractivity contribution in [3.63, 3.8) is 0 Å². The number of aryl methyl sites for hydroxylation is 1. The number of rotatable bonds is 2. The Morgan fingerprint density at radius 2 is 2.00 bits per heavy atom. The normalized spacial score (nSPS) is 11.8. The molecule has 2 rings (SSSR count). The van der Waals surface area contributed by atoms with E-state index in [1.165, 1.54) is 12.4 Å². The number of hydrogen-bond acceptors (Lipinski definition) is 2. The van der Waals surface area contributed by atoms with Gasteiger partial charge in [-0.05, 0) is 12.5 Å². The smallest absolute Gasteiger partial charge is 0.328 e. The van der Waals surface area contributed by atoms with Crippen molar-refractivity contribution in [1.29, 1.82) is 0 Å². The van der Waals surface area contributed by atoms with Gasteiger partial charge in [0.1, 0.15) is 6.54 Å².